The van der Waals surface area contributed by atoms with Crippen LogP contribution in [0.1, 0.15) is 32.1 Å². The third kappa shape index (κ3) is 4.23. The molecule has 0 spiro atoms. The molecule has 1 aromatic rings. The van der Waals surface area contributed by atoms with Gasteiger partial charge in [-0.3, -0.25) is 4.57 Å². The minimum Gasteiger partial charge on any atom is -0.371 e. The molecule has 0 heterocycles. The Labute approximate surface area is 131 Å². The van der Waals surface area contributed by atoms with E-state index in [4.69, 9.17) is 20.6 Å². The number of rotatable bonds is 6. The molecule has 1 aromatic carbocycles. The summed E-state index contributed by atoms with van der Waals surface area (Å²) in [5, 5.41) is 3.98. The van der Waals surface area contributed by atoms with Crippen molar-refractivity contribution in [3.63, 3.8) is 0 Å². The van der Waals surface area contributed by atoms with Crippen LogP contribution in [0.4, 0.5) is 5.69 Å². The molecule has 1 atom stereocenters. The summed E-state index contributed by atoms with van der Waals surface area (Å²) in [5.41, 5.74) is 0.840. The first-order chi connectivity index (χ1) is 10.1. The minimum absolute atomic E-state index is 0.281. The summed E-state index contributed by atoms with van der Waals surface area (Å²) >= 11 is 6.02. The van der Waals surface area contributed by atoms with E-state index < -0.39 is 7.60 Å². The molecular weight excluding hydrogens is 309 g/mol. The van der Waals surface area contributed by atoms with Gasteiger partial charge in [0.15, 0.2) is 0 Å². The Morgan fingerprint density at radius 1 is 1.24 bits per heavy atom. The molecule has 1 aliphatic carbocycles. The topological polar surface area (TPSA) is 47.6 Å². The van der Waals surface area contributed by atoms with Crippen molar-refractivity contribution < 1.29 is 13.6 Å². The van der Waals surface area contributed by atoms with Gasteiger partial charge in [-0.25, -0.2) is 0 Å². The van der Waals surface area contributed by atoms with Gasteiger partial charge in [0.1, 0.15) is 5.78 Å². The van der Waals surface area contributed by atoms with Gasteiger partial charge in [-0.2, -0.15) is 0 Å². The average molecular weight is 332 g/mol. The van der Waals surface area contributed by atoms with Crippen LogP contribution in [0, 0.1) is 5.92 Å². The first-order valence-corrected chi connectivity index (χ1v) is 9.31. The van der Waals surface area contributed by atoms with Gasteiger partial charge in [-0.15, -0.1) is 0 Å². The van der Waals surface area contributed by atoms with Gasteiger partial charge in [0.2, 0.25) is 0 Å². The summed E-state index contributed by atoms with van der Waals surface area (Å²) in [6, 6.07) is 7.42. The lowest BCUT2D eigenvalue weighted by molar-refractivity contribution is 0.244. The average Bonchev–Trinajstić information content (AvgIpc) is 2.53. The Hall–Kier alpha value is -0.540. The highest BCUT2D eigenvalue weighted by atomic mass is 35.5. The molecule has 1 saturated carbocycles. The molecule has 1 unspecified atom stereocenters. The summed E-state index contributed by atoms with van der Waals surface area (Å²) in [5.74, 6) is -0.0604. The van der Waals surface area contributed by atoms with Crippen molar-refractivity contribution in [2.75, 3.05) is 19.5 Å². The molecular formula is C15H23ClNO3P. The van der Waals surface area contributed by atoms with Crippen LogP contribution < -0.4 is 5.32 Å². The highest BCUT2D eigenvalue weighted by molar-refractivity contribution is 7.54. The van der Waals surface area contributed by atoms with E-state index in [0.717, 1.165) is 31.4 Å². The second kappa shape index (κ2) is 7.64. The van der Waals surface area contributed by atoms with Crippen LogP contribution in [0.2, 0.25) is 5.02 Å². The van der Waals surface area contributed by atoms with Crippen LogP contribution in [-0.4, -0.2) is 20.0 Å². The standard InChI is InChI=1S/C15H23ClNO3P/c1-19-21(18,20-2)15(12-7-4-3-5-8-12)17-14-10-6-9-13(16)11-14/h6,9-12,15,17H,3-5,7-8H2,1-2H3. The fourth-order valence-electron chi connectivity index (χ4n) is 2.96. The predicted octanol–water partition coefficient (Wildman–Crippen LogP) is 5.14. The smallest absolute Gasteiger partial charge is 0.352 e. The largest absolute Gasteiger partial charge is 0.371 e. The Morgan fingerprint density at radius 2 is 1.90 bits per heavy atom. The van der Waals surface area contributed by atoms with Crippen LogP contribution in [-0.2, 0) is 13.6 Å². The van der Waals surface area contributed by atoms with Gasteiger partial charge in [0.05, 0.1) is 0 Å². The molecule has 1 N–H and O–H groups in total. The van der Waals surface area contributed by atoms with Crippen LogP contribution in [0.5, 0.6) is 0 Å². The van der Waals surface area contributed by atoms with Gasteiger partial charge in [-0.1, -0.05) is 36.9 Å². The Bertz CT molecular complexity index is 497. The van der Waals surface area contributed by atoms with Crippen molar-refractivity contribution in [3.05, 3.63) is 29.3 Å². The molecule has 21 heavy (non-hydrogen) atoms. The van der Waals surface area contributed by atoms with E-state index >= 15 is 0 Å². The van der Waals surface area contributed by atoms with E-state index in [0.29, 0.717) is 5.02 Å². The fraction of sp³-hybridized carbons (Fsp3) is 0.600. The van der Waals surface area contributed by atoms with E-state index in [2.05, 4.69) is 5.32 Å². The van der Waals surface area contributed by atoms with Crippen molar-refractivity contribution in [2.45, 2.75) is 37.9 Å². The second-order valence-electron chi connectivity index (χ2n) is 5.40. The number of anilines is 1. The monoisotopic (exact) mass is 331 g/mol. The third-order valence-electron chi connectivity index (χ3n) is 4.09. The first-order valence-electron chi connectivity index (χ1n) is 7.32. The van der Waals surface area contributed by atoms with Crippen LogP contribution in [0.3, 0.4) is 0 Å². The highest BCUT2D eigenvalue weighted by Crippen LogP contribution is 2.56. The molecule has 0 aliphatic heterocycles. The summed E-state index contributed by atoms with van der Waals surface area (Å²) in [7, 11) is -0.306. The number of benzene rings is 1. The van der Waals surface area contributed by atoms with Crippen molar-refractivity contribution in [1.29, 1.82) is 0 Å². The van der Waals surface area contributed by atoms with Gasteiger partial charge < -0.3 is 14.4 Å². The molecule has 6 heteroatoms. The van der Waals surface area contributed by atoms with E-state index in [1.807, 2.05) is 24.3 Å². The maximum absolute atomic E-state index is 12.9. The zero-order valence-corrected chi connectivity index (χ0v) is 14.2. The molecule has 118 valence electrons. The van der Waals surface area contributed by atoms with E-state index in [1.165, 1.54) is 20.6 Å². The predicted molar refractivity (Wildman–Crippen MR) is 87.1 cm³/mol. The normalized spacial score (nSPS) is 18.4. The SMILES string of the molecule is COP(=O)(OC)C(Nc1cccc(Cl)c1)C1CCCCC1. The minimum atomic E-state index is -3.19. The van der Waals surface area contributed by atoms with E-state index in [-0.39, 0.29) is 11.7 Å². The number of hydrogen-bond donors (Lipinski definition) is 1. The van der Waals surface area contributed by atoms with Gasteiger partial charge in [0.25, 0.3) is 0 Å². The number of nitrogens with one attached hydrogen (secondary N) is 1. The number of hydrogen-bond acceptors (Lipinski definition) is 4. The maximum Gasteiger partial charge on any atom is 0.352 e. The van der Waals surface area contributed by atoms with E-state index in [9.17, 15) is 4.57 Å². The molecule has 0 radical (unpaired) electrons. The lowest BCUT2D eigenvalue weighted by Crippen LogP contribution is -2.31. The van der Waals surface area contributed by atoms with Crippen LogP contribution in [0.25, 0.3) is 0 Å². The van der Waals surface area contributed by atoms with Gasteiger partial charge in [-0.05, 0) is 37.0 Å². The third-order valence-corrected chi connectivity index (χ3v) is 6.57. The zero-order chi connectivity index (χ0) is 15.3. The Balaban J connectivity index is 2.24. The summed E-state index contributed by atoms with van der Waals surface area (Å²) in [6.45, 7) is 0. The summed E-state index contributed by atoms with van der Waals surface area (Å²) in [6.07, 6.45) is 5.63. The summed E-state index contributed by atoms with van der Waals surface area (Å²) < 4.78 is 23.4. The second-order valence-corrected chi connectivity index (χ2v) is 8.21. The molecule has 0 bridgehead atoms. The Morgan fingerprint density at radius 3 is 2.48 bits per heavy atom. The molecule has 4 nitrogen and oxygen atoms in total. The van der Waals surface area contributed by atoms with Crippen molar-refractivity contribution in [1.82, 2.24) is 0 Å². The molecule has 1 fully saturated rings. The summed E-state index contributed by atoms with van der Waals surface area (Å²) in [4.78, 5) is 0. The lowest BCUT2D eigenvalue weighted by atomic mass is 9.89. The highest BCUT2D eigenvalue weighted by Gasteiger charge is 2.40. The van der Waals surface area contributed by atoms with Crippen LogP contribution >= 0.6 is 19.2 Å². The van der Waals surface area contributed by atoms with Crippen molar-refractivity contribution in [2.24, 2.45) is 5.92 Å². The molecule has 0 saturated heterocycles. The lowest BCUT2D eigenvalue weighted by Gasteiger charge is -2.34. The zero-order valence-electron chi connectivity index (χ0n) is 12.5. The van der Waals surface area contributed by atoms with Crippen LogP contribution in [0.15, 0.2) is 24.3 Å². The quantitative estimate of drug-likeness (QED) is 0.733. The van der Waals surface area contributed by atoms with Crippen molar-refractivity contribution >= 4 is 24.9 Å². The maximum atomic E-state index is 12.9. The molecule has 0 amide bonds. The van der Waals surface area contributed by atoms with E-state index in [1.54, 1.807) is 0 Å². The van der Waals surface area contributed by atoms with Crippen molar-refractivity contribution in [3.8, 4) is 0 Å². The molecule has 0 aromatic heterocycles. The van der Waals surface area contributed by atoms with Gasteiger partial charge >= 0.3 is 7.60 Å². The number of halogens is 1. The molecule has 1 aliphatic rings. The first kappa shape index (κ1) is 16.8. The van der Waals surface area contributed by atoms with Gasteiger partial charge in [0, 0.05) is 24.9 Å². The Kier molecular flexibility index (Phi) is 6.12. The molecule has 2 rings (SSSR count). The fourth-order valence-corrected chi connectivity index (χ4v) is 4.87.